The van der Waals surface area contributed by atoms with Gasteiger partial charge in [-0.2, -0.15) is 0 Å². The molecule has 0 saturated heterocycles. The van der Waals surface area contributed by atoms with Gasteiger partial charge in [0.1, 0.15) is 12.2 Å². The van der Waals surface area contributed by atoms with Gasteiger partial charge in [0.15, 0.2) is 0 Å². The van der Waals surface area contributed by atoms with Gasteiger partial charge in [-0.15, -0.1) is 0 Å². The van der Waals surface area contributed by atoms with Gasteiger partial charge in [0.05, 0.1) is 11.6 Å². The van der Waals surface area contributed by atoms with Gasteiger partial charge in [0.2, 0.25) is 0 Å². The number of nitrogens with one attached hydrogen (secondary N) is 2. The zero-order valence-electron chi connectivity index (χ0n) is 15.6. The number of ether oxygens (including phenoxy) is 2. The number of benzene rings is 1. The van der Waals surface area contributed by atoms with Crippen molar-refractivity contribution in [3.8, 4) is 0 Å². The Hall–Kier alpha value is -2.28. The van der Waals surface area contributed by atoms with Crippen LogP contribution in [0, 0.1) is 0 Å². The summed E-state index contributed by atoms with van der Waals surface area (Å²) in [7, 11) is 0. The fourth-order valence-electron chi connectivity index (χ4n) is 2.63. The third-order valence-electron chi connectivity index (χ3n) is 4.07. The number of aliphatic hydroxyl groups is 1. The predicted molar refractivity (Wildman–Crippen MR) is 96.6 cm³/mol. The lowest BCUT2D eigenvalue weighted by molar-refractivity contribution is 0.0471. The molecule has 26 heavy (non-hydrogen) atoms. The first kappa shape index (κ1) is 20.0. The van der Waals surface area contributed by atoms with Gasteiger partial charge in [-0.1, -0.05) is 30.3 Å². The van der Waals surface area contributed by atoms with Gasteiger partial charge in [0, 0.05) is 13.0 Å². The molecule has 1 aromatic carbocycles. The van der Waals surface area contributed by atoms with E-state index < -0.39 is 29.4 Å². The molecule has 0 spiro atoms. The van der Waals surface area contributed by atoms with Crippen LogP contribution in [0.25, 0.3) is 0 Å². The third kappa shape index (κ3) is 6.55. The van der Waals surface area contributed by atoms with Crippen LogP contribution in [0.3, 0.4) is 0 Å². The second kappa shape index (κ2) is 8.40. The molecule has 2 atom stereocenters. The molecular weight excluding hydrogens is 336 g/mol. The van der Waals surface area contributed by atoms with Crippen molar-refractivity contribution in [1.29, 1.82) is 0 Å². The Balaban J connectivity index is 1.64. The normalized spacial score (nSPS) is 21.6. The maximum atomic E-state index is 11.9. The van der Waals surface area contributed by atoms with Crippen molar-refractivity contribution < 1.29 is 24.2 Å². The molecule has 1 unspecified atom stereocenters. The zero-order chi connectivity index (χ0) is 19.2. The molecule has 2 rings (SSSR count). The van der Waals surface area contributed by atoms with Crippen LogP contribution in [0.15, 0.2) is 30.3 Å². The van der Waals surface area contributed by atoms with Gasteiger partial charge < -0.3 is 25.2 Å². The first-order valence-corrected chi connectivity index (χ1v) is 8.84. The highest BCUT2D eigenvalue weighted by molar-refractivity contribution is 5.70. The molecule has 7 nitrogen and oxygen atoms in total. The van der Waals surface area contributed by atoms with E-state index in [1.807, 2.05) is 30.3 Å². The molecule has 0 heterocycles. The lowest BCUT2D eigenvalue weighted by Crippen LogP contribution is -2.43. The SMILES string of the molecule is CC(C)(C)OC(=O)N[C@@]1(CCCNC(=O)OCc2ccccc2)CC1O. The van der Waals surface area contributed by atoms with Gasteiger partial charge in [-0.25, -0.2) is 9.59 Å². The average Bonchev–Trinajstić information content (AvgIpc) is 3.17. The highest BCUT2D eigenvalue weighted by Gasteiger charge is 2.54. The van der Waals surface area contributed by atoms with Crippen LogP contribution in [0.2, 0.25) is 0 Å². The lowest BCUT2D eigenvalue weighted by Gasteiger charge is -2.23. The Labute approximate surface area is 154 Å². The summed E-state index contributed by atoms with van der Waals surface area (Å²) in [5.74, 6) is 0. The summed E-state index contributed by atoms with van der Waals surface area (Å²) in [5.41, 5.74) is -0.322. The van der Waals surface area contributed by atoms with Crippen LogP contribution in [-0.4, -0.2) is 41.1 Å². The van der Waals surface area contributed by atoms with E-state index in [2.05, 4.69) is 10.6 Å². The fraction of sp³-hybridized carbons (Fsp3) is 0.579. The van der Waals surface area contributed by atoms with Gasteiger partial charge >= 0.3 is 12.2 Å². The third-order valence-corrected chi connectivity index (χ3v) is 4.07. The molecule has 0 bridgehead atoms. The smallest absolute Gasteiger partial charge is 0.408 e. The number of alkyl carbamates (subject to hydrolysis) is 2. The molecule has 2 amide bonds. The van der Waals surface area contributed by atoms with Crippen molar-refractivity contribution in [2.24, 2.45) is 0 Å². The van der Waals surface area contributed by atoms with E-state index in [1.165, 1.54) is 0 Å². The minimum Gasteiger partial charge on any atom is -0.445 e. The monoisotopic (exact) mass is 364 g/mol. The van der Waals surface area contributed by atoms with Crippen LogP contribution in [-0.2, 0) is 16.1 Å². The Morgan fingerprint density at radius 3 is 2.46 bits per heavy atom. The maximum Gasteiger partial charge on any atom is 0.408 e. The molecule has 7 heteroatoms. The van der Waals surface area contributed by atoms with Crippen LogP contribution < -0.4 is 10.6 Å². The van der Waals surface area contributed by atoms with Gasteiger partial charge in [-0.3, -0.25) is 0 Å². The molecule has 0 radical (unpaired) electrons. The number of hydrogen-bond donors (Lipinski definition) is 3. The van der Waals surface area contributed by atoms with E-state index in [4.69, 9.17) is 9.47 Å². The second-order valence-electron chi connectivity index (χ2n) is 7.60. The lowest BCUT2D eigenvalue weighted by atomic mass is 10.1. The van der Waals surface area contributed by atoms with Crippen LogP contribution >= 0.6 is 0 Å². The Morgan fingerprint density at radius 2 is 1.88 bits per heavy atom. The number of carbonyl (C=O) groups excluding carboxylic acids is 2. The number of rotatable bonds is 7. The van der Waals surface area contributed by atoms with Crippen LogP contribution in [0.1, 0.15) is 45.6 Å². The largest absolute Gasteiger partial charge is 0.445 e. The summed E-state index contributed by atoms with van der Waals surface area (Å²) in [6.07, 6.45) is 0.0355. The summed E-state index contributed by atoms with van der Waals surface area (Å²) < 4.78 is 10.4. The van der Waals surface area contributed by atoms with E-state index in [-0.39, 0.29) is 6.61 Å². The summed E-state index contributed by atoms with van der Waals surface area (Å²) in [5, 5.41) is 15.3. The van der Waals surface area contributed by atoms with Crippen molar-refractivity contribution in [1.82, 2.24) is 10.6 Å². The maximum absolute atomic E-state index is 11.9. The van der Waals surface area contributed by atoms with E-state index >= 15 is 0 Å². The minimum absolute atomic E-state index is 0.218. The molecule has 1 aromatic rings. The number of aliphatic hydroxyl groups excluding tert-OH is 1. The molecule has 3 N–H and O–H groups in total. The highest BCUT2D eigenvalue weighted by atomic mass is 16.6. The first-order valence-electron chi connectivity index (χ1n) is 8.84. The molecule has 1 saturated carbocycles. The molecule has 0 aliphatic heterocycles. The van der Waals surface area contributed by atoms with Crippen molar-refractivity contribution in [3.05, 3.63) is 35.9 Å². The van der Waals surface area contributed by atoms with Crippen molar-refractivity contribution in [2.75, 3.05) is 6.54 Å². The molecular formula is C19H28N2O5. The zero-order valence-corrected chi connectivity index (χ0v) is 15.6. The summed E-state index contributed by atoms with van der Waals surface area (Å²) >= 11 is 0. The Kier molecular flexibility index (Phi) is 6.47. The molecule has 1 fully saturated rings. The summed E-state index contributed by atoms with van der Waals surface area (Å²) in [4.78, 5) is 23.6. The number of hydrogen-bond acceptors (Lipinski definition) is 5. The highest BCUT2D eigenvalue weighted by Crippen LogP contribution is 2.40. The topological polar surface area (TPSA) is 96.9 Å². The Morgan fingerprint density at radius 1 is 1.23 bits per heavy atom. The fourth-order valence-corrected chi connectivity index (χ4v) is 2.63. The Bertz CT molecular complexity index is 614. The average molecular weight is 364 g/mol. The molecule has 1 aliphatic rings. The van der Waals surface area contributed by atoms with Gasteiger partial charge in [-0.05, 0) is 39.2 Å². The molecule has 144 valence electrons. The predicted octanol–water partition coefficient (Wildman–Crippen LogP) is 2.72. The quantitative estimate of drug-likeness (QED) is 0.647. The summed E-state index contributed by atoms with van der Waals surface area (Å²) in [6, 6.07) is 9.43. The van der Waals surface area contributed by atoms with Crippen LogP contribution in [0.4, 0.5) is 9.59 Å². The van der Waals surface area contributed by atoms with E-state index in [0.29, 0.717) is 25.8 Å². The summed E-state index contributed by atoms with van der Waals surface area (Å²) in [6.45, 7) is 5.97. The van der Waals surface area contributed by atoms with Crippen molar-refractivity contribution in [3.63, 3.8) is 0 Å². The second-order valence-corrected chi connectivity index (χ2v) is 7.60. The van der Waals surface area contributed by atoms with E-state index in [9.17, 15) is 14.7 Å². The van der Waals surface area contributed by atoms with Crippen LogP contribution in [0.5, 0.6) is 0 Å². The van der Waals surface area contributed by atoms with E-state index in [1.54, 1.807) is 20.8 Å². The minimum atomic E-state index is -0.655. The number of carbonyl (C=O) groups is 2. The number of amides is 2. The van der Waals surface area contributed by atoms with Crippen molar-refractivity contribution >= 4 is 12.2 Å². The standard InChI is InChI=1S/C19H28N2O5/c1-18(2,3)26-17(24)21-19(12-15(19)22)10-7-11-20-16(23)25-13-14-8-5-4-6-9-14/h4-6,8-9,15,22H,7,10-13H2,1-3H3,(H,20,23)(H,21,24)/t15?,19-/m0/s1. The molecule has 1 aliphatic carbocycles. The first-order chi connectivity index (χ1) is 12.2. The molecule has 0 aromatic heterocycles. The van der Waals surface area contributed by atoms with Gasteiger partial charge in [0.25, 0.3) is 0 Å². The van der Waals surface area contributed by atoms with Crippen molar-refractivity contribution in [2.45, 2.75) is 63.9 Å². The van der Waals surface area contributed by atoms with E-state index in [0.717, 1.165) is 5.56 Å².